The average molecular weight is 329 g/mol. The van der Waals surface area contributed by atoms with E-state index in [0.29, 0.717) is 17.5 Å². The van der Waals surface area contributed by atoms with Gasteiger partial charge in [0.05, 0.1) is 18.1 Å². The lowest BCUT2D eigenvalue weighted by molar-refractivity contribution is 0.00119. The van der Waals surface area contributed by atoms with Gasteiger partial charge in [-0.15, -0.1) is 0 Å². The van der Waals surface area contributed by atoms with Crippen LogP contribution in [0.3, 0.4) is 0 Å². The molecule has 0 radical (unpaired) electrons. The first-order chi connectivity index (χ1) is 11.5. The predicted molar refractivity (Wildman–Crippen MR) is 98.1 cm³/mol. The maximum atomic E-state index is 5.93. The molecule has 0 bridgehead atoms. The molecule has 1 aromatic heterocycles. The van der Waals surface area contributed by atoms with Gasteiger partial charge in [-0.2, -0.15) is 0 Å². The summed E-state index contributed by atoms with van der Waals surface area (Å²) in [6.07, 6.45) is 11.4. The molecule has 2 saturated carbocycles. The van der Waals surface area contributed by atoms with Gasteiger partial charge in [0.2, 0.25) is 5.95 Å². The molecule has 5 heteroatoms. The zero-order valence-electron chi connectivity index (χ0n) is 15.0. The summed E-state index contributed by atoms with van der Waals surface area (Å²) in [5, 5.41) is 3.58. The van der Waals surface area contributed by atoms with Crippen LogP contribution < -0.4 is 16.0 Å². The molecule has 2 heterocycles. The van der Waals surface area contributed by atoms with Crippen molar-refractivity contribution in [1.29, 1.82) is 0 Å². The number of hydrogen-bond donors (Lipinski definition) is 2. The molecule has 2 aliphatic carbocycles. The Labute approximate surface area is 145 Å². The predicted octanol–water partition coefficient (Wildman–Crippen LogP) is 3.03. The smallest absolute Gasteiger partial charge is 0.225 e. The van der Waals surface area contributed by atoms with Gasteiger partial charge in [0.25, 0.3) is 0 Å². The Balaban J connectivity index is 1.27. The number of hydrogen-bond acceptors (Lipinski definition) is 5. The number of piperidine rings is 1. The Kier molecular flexibility index (Phi) is 4.15. The van der Waals surface area contributed by atoms with Gasteiger partial charge in [-0.05, 0) is 55.8 Å². The van der Waals surface area contributed by atoms with E-state index in [0.717, 1.165) is 36.6 Å². The molecule has 3 N–H and O–H groups in total. The van der Waals surface area contributed by atoms with Crippen LogP contribution in [-0.2, 0) is 0 Å². The van der Waals surface area contributed by atoms with Crippen molar-refractivity contribution in [2.24, 2.45) is 23.0 Å². The molecule has 0 unspecified atom stereocenters. The summed E-state index contributed by atoms with van der Waals surface area (Å²) in [6.45, 7) is 6.83. The van der Waals surface area contributed by atoms with E-state index in [-0.39, 0.29) is 0 Å². The Morgan fingerprint density at radius 2 is 1.75 bits per heavy atom. The van der Waals surface area contributed by atoms with E-state index in [2.05, 4.69) is 34.0 Å². The van der Waals surface area contributed by atoms with Crippen molar-refractivity contribution in [2.45, 2.75) is 64.5 Å². The number of nitrogens with one attached hydrogen (secondary N) is 1. The third kappa shape index (κ3) is 3.10. The molecule has 1 spiro atoms. The number of rotatable bonds is 4. The quantitative estimate of drug-likeness (QED) is 0.889. The van der Waals surface area contributed by atoms with Gasteiger partial charge in [0, 0.05) is 25.2 Å². The van der Waals surface area contributed by atoms with Gasteiger partial charge in [0.15, 0.2) is 0 Å². The third-order valence-corrected chi connectivity index (χ3v) is 6.52. The van der Waals surface area contributed by atoms with Crippen molar-refractivity contribution in [1.82, 2.24) is 9.97 Å². The zero-order valence-corrected chi connectivity index (χ0v) is 15.0. The number of nitrogens with zero attached hydrogens (tertiary/aromatic N) is 3. The van der Waals surface area contributed by atoms with Crippen LogP contribution in [0.25, 0.3) is 0 Å². The highest BCUT2D eigenvalue weighted by atomic mass is 15.3. The molecule has 1 saturated heterocycles. The van der Waals surface area contributed by atoms with Crippen molar-refractivity contribution >= 4 is 11.6 Å². The van der Waals surface area contributed by atoms with Gasteiger partial charge in [0.1, 0.15) is 0 Å². The second kappa shape index (κ2) is 6.17. The first kappa shape index (κ1) is 16.1. The molecule has 0 amide bonds. The minimum absolute atomic E-state index is 0.452. The van der Waals surface area contributed by atoms with Gasteiger partial charge in [-0.3, -0.25) is 0 Å². The molecule has 1 aromatic rings. The topological polar surface area (TPSA) is 67.1 Å². The van der Waals surface area contributed by atoms with Crippen LogP contribution in [0.2, 0.25) is 0 Å². The molecule has 4 rings (SSSR count). The van der Waals surface area contributed by atoms with Gasteiger partial charge >= 0.3 is 0 Å². The molecular formula is C19H31N5. The van der Waals surface area contributed by atoms with Crippen molar-refractivity contribution < 1.29 is 0 Å². The molecule has 24 heavy (non-hydrogen) atoms. The monoisotopic (exact) mass is 329 g/mol. The maximum Gasteiger partial charge on any atom is 0.225 e. The van der Waals surface area contributed by atoms with Crippen molar-refractivity contribution in [3.05, 3.63) is 12.4 Å². The summed E-state index contributed by atoms with van der Waals surface area (Å²) in [7, 11) is 0. The Morgan fingerprint density at radius 1 is 1.12 bits per heavy atom. The second-order valence-electron chi connectivity index (χ2n) is 8.76. The van der Waals surface area contributed by atoms with E-state index >= 15 is 0 Å². The van der Waals surface area contributed by atoms with E-state index in [1.807, 2.05) is 12.4 Å². The lowest BCUT2D eigenvalue weighted by atomic mass is 9.52. The molecule has 3 aliphatic rings. The fourth-order valence-corrected chi connectivity index (χ4v) is 5.03. The molecule has 5 nitrogen and oxygen atoms in total. The van der Waals surface area contributed by atoms with Gasteiger partial charge < -0.3 is 16.0 Å². The standard InChI is InChI=1S/C19H31N5/c1-13(2)14-3-5-24(6-4-14)18-21-11-17(12-22-18)23-16-9-19(10-16)7-15(20)8-19/h11-16,23H,3-10,20H2,1-2H3. The Morgan fingerprint density at radius 3 is 2.29 bits per heavy atom. The number of aromatic nitrogens is 2. The maximum absolute atomic E-state index is 5.93. The SMILES string of the molecule is CC(C)C1CCN(c2ncc(NC3CC4(CC(N)C4)C3)cn2)CC1. The number of anilines is 2. The summed E-state index contributed by atoms with van der Waals surface area (Å²) in [5.74, 6) is 2.53. The van der Waals surface area contributed by atoms with Crippen LogP contribution in [0.1, 0.15) is 52.4 Å². The molecule has 1 aliphatic heterocycles. The summed E-state index contributed by atoms with van der Waals surface area (Å²) in [5.41, 5.74) is 7.55. The Bertz CT molecular complexity index is 548. The van der Waals surface area contributed by atoms with E-state index in [1.54, 1.807) is 0 Å². The highest BCUT2D eigenvalue weighted by Gasteiger charge is 2.51. The van der Waals surface area contributed by atoms with E-state index in [4.69, 9.17) is 5.73 Å². The number of nitrogens with two attached hydrogens (primary N) is 1. The lowest BCUT2D eigenvalue weighted by Crippen LogP contribution is -2.57. The first-order valence-corrected chi connectivity index (χ1v) is 9.62. The lowest BCUT2D eigenvalue weighted by Gasteiger charge is -2.57. The summed E-state index contributed by atoms with van der Waals surface area (Å²) >= 11 is 0. The van der Waals surface area contributed by atoms with Crippen molar-refractivity contribution in [3.8, 4) is 0 Å². The summed E-state index contributed by atoms with van der Waals surface area (Å²) in [4.78, 5) is 11.5. The van der Waals surface area contributed by atoms with E-state index < -0.39 is 0 Å². The molecule has 0 aromatic carbocycles. The van der Waals surface area contributed by atoms with Crippen LogP contribution in [0.15, 0.2) is 12.4 Å². The van der Waals surface area contributed by atoms with E-state index in [1.165, 1.54) is 38.5 Å². The molecule has 132 valence electrons. The molecule has 3 fully saturated rings. The minimum atomic E-state index is 0.452. The molecule has 0 atom stereocenters. The highest BCUT2D eigenvalue weighted by molar-refractivity contribution is 5.44. The summed E-state index contributed by atoms with van der Waals surface area (Å²) in [6, 6.07) is 1.03. The van der Waals surface area contributed by atoms with Crippen molar-refractivity contribution in [2.75, 3.05) is 23.3 Å². The highest BCUT2D eigenvalue weighted by Crippen LogP contribution is 2.55. The van der Waals surface area contributed by atoms with Crippen LogP contribution in [0, 0.1) is 17.3 Å². The largest absolute Gasteiger partial charge is 0.380 e. The van der Waals surface area contributed by atoms with Crippen molar-refractivity contribution in [3.63, 3.8) is 0 Å². The molecular weight excluding hydrogens is 298 g/mol. The first-order valence-electron chi connectivity index (χ1n) is 9.62. The second-order valence-corrected chi connectivity index (χ2v) is 8.76. The van der Waals surface area contributed by atoms with Gasteiger partial charge in [-0.25, -0.2) is 9.97 Å². The van der Waals surface area contributed by atoms with Crippen LogP contribution in [0.4, 0.5) is 11.6 Å². The van der Waals surface area contributed by atoms with Gasteiger partial charge in [-0.1, -0.05) is 13.8 Å². The van der Waals surface area contributed by atoms with Crippen LogP contribution in [0.5, 0.6) is 0 Å². The Hall–Kier alpha value is -1.36. The zero-order chi connectivity index (χ0) is 16.7. The normalized spacial score (nSPS) is 33.4. The van der Waals surface area contributed by atoms with Crippen LogP contribution in [-0.4, -0.2) is 35.1 Å². The minimum Gasteiger partial charge on any atom is -0.380 e. The fourth-order valence-electron chi connectivity index (χ4n) is 5.03. The van der Waals surface area contributed by atoms with E-state index in [9.17, 15) is 0 Å². The average Bonchev–Trinajstić information content (AvgIpc) is 2.52. The van der Waals surface area contributed by atoms with Crippen LogP contribution >= 0.6 is 0 Å². The summed E-state index contributed by atoms with van der Waals surface area (Å²) < 4.78 is 0. The fraction of sp³-hybridized carbons (Fsp3) is 0.789. The third-order valence-electron chi connectivity index (χ3n) is 6.52.